The summed E-state index contributed by atoms with van der Waals surface area (Å²) in [5, 5.41) is 0. The lowest BCUT2D eigenvalue weighted by Gasteiger charge is -2.23. The molecule has 144 valence electrons. The van der Waals surface area contributed by atoms with Gasteiger partial charge >= 0.3 is 0 Å². The summed E-state index contributed by atoms with van der Waals surface area (Å²) in [7, 11) is 0. The van der Waals surface area contributed by atoms with Gasteiger partial charge in [0, 0.05) is 43.6 Å². The maximum atomic E-state index is 13.8. The van der Waals surface area contributed by atoms with Crippen LogP contribution in [0, 0.1) is 0 Å². The molecule has 0 aromatic heterocycles. The van der Waals surface area contributed by atoms with E-state index in [0.29, 0.717) is 0 Å². The first-order valence-corrected chi connectivity index (χ1v) is 11.7. The van der Waals surface area contributed by atoms with Crippen molar-refractivity contribution >= 4 is 29.3 Å². The zero-order valence-corrected chi connectivity index (χ0v) is 17.9. The van der Waals surface area contributed by atoms with E-state index in [-0.39, 0.29) is 5.78 Å². The molecule has 0 aliphatic carbocycles. The van der Waals surface area contributed by atoms with Crippen molar-refractivity contribution in [3.63, 3.8) is 0 Å². The van der Waals surface area contributed by atoms with Crippen molar-refractivity contribution in [1.82, 2.24) is 0 Å². The van der Waals surface area contributed by atoms with Crippen LogP contribution in [-0.2, 0) is 12.8 Å². The first kappa shape index (κ1) is 18.1. The summed E-state index contributed by atoms with van der Waals surface area (Å²) in [6, 6.07) is 29.3. The van der Waals surface area contributed by atoms with Gasteiger partial charge in [-0.2, -0.15) is 0 Å². The van der Waals surface area contributed by atoms with Crippen LogP contribution in [0.15, 0.2) is 105 Å². The van der Waals surface area contributed by atoms with E-state index in [2.05, 4.69) is 60.7 Å². The van der Waals surface area contributed by atoms with E-state index >= 15 is 0 Å². The lowest BCUT2D eigenvalue weighted by atomic mass is 9.90. The Kier molecular flexibility index (Phi) is 4.33. The van der Waals surface area contributed by atoms with Gasteiger partial charge in [-0.05, 0) is 46.5 Å². The molecule has 0 amide bonds. The fraction of sp³-hybridized carbons (Fsp3) is 0.0741. The summed E-state index contributed by atoms with van der Waals surface area (Å²) in [6.07, 6.45) is 1.63. The average Bonchev–Trinajstić information content (AvgIpc) is 2.80. The zero-order chi connectivity index (χ0) is 20.1. The molecule has 0 bridgehead atoms. The van der Waals surface area contributed by atoms with E-state index in [1.807, 2.05) is 24.3 Å². The van der Waals surface area contributed by atoms with Gasteiger partial charge in [-0.3, -0.25) is 4.79 Å². The van der Waals surface area contributed by atoms with Crippen molar-refractivity contribution in [3.8, 4) is 0 Å². The third kappa shape index (κ3) is 2.92. The molecule has 2 heterocycles. The summed E-state index contributed by atoms with van der Waals surface area (Å²) in [5.74, 6) is 0.142. The van der Waals surface area contributed by atoms with Gasteiger partial charge in [0.1, 0.15) is 0 Å². The highest BCUT2D eigenvalue weighted by Crippen LogP contribution is 2.43. The number of hydrogen-bond acceptors (Lipinski definition) is 3. The number of rotatable bonds is 2. The van der Waals surface area contributed by atoms with Crippen molar-refractivity contribution in [2.75, 3.05) is 0 Å². The minimum Gasteiger partial charge on any atom is -0.289 e. The molecule has 4 aromatic carbocycles. The van der Waals surface area contributed by atoms with Crippen LogP contribution in [0.25, 0.3) is 0 Å². The van der Waals surface area contributed by atoms with Gasteiger partial charge in [0.2, 0.25) is 0 Å². The molecule has 1 nitrogen and oxygen atoms in total. The molecule has 0 unspecified atom stereocenters. The lowest BCUT2D eigenvalue weighted by molar-refractivity contribution is 0.103. The van der Waals surface area contributed by atoms with Crippen molar-refractivity contribution in [2.45, 2.75) is 32.4 Å². The standard InChI is InChI=1S/C27H18OS2/c28-27(19-9-5-13-25-21(19)15-17-7-1-3-11-23(17)29-25)20-10-6-14-26-22(20)16-18-8-2-4-12-24(18)30-26/h1-14H,15-16H2. The Hall–Kier alpha value is -2.75. The molecule has 2 aliphatic rings. The van der Waals surface area contributed by atoms with Crippen LogP contribution in [0.1, 0.15) is 38.2 Å². The summed E-state index contributed by atoms with van der Waals surface area (Å²) in [4.78, 5) is 18.8. The van der Waals surface area contributed by atoms with E-state index in [1.54, 1.807) is 23.5 Å². The maximum Gasteiger partial charge on any atom is 0.193 e. The molecule has 0 saturated heterocycles. The number of hydrogen-bond donors (Lipinski definition) is 0. The Bertz CT molecular complexity index is 1220. The predicted molar refractivity (Wildman–Crippen MR) is 123 cm³/mol. The Labute approximate surface area is 184 Å². The minimum atomic E-state index is 0.142. The van der Waals surface area contributed by atoms with Gasteiger partial charge in [-0.1, -0.05) is 84.2 Å². The van der Waals surface area contributed by atoms with E-state index in [4.69, 9.17) is 0 Å². The fourth-order valence-electron chi connectivity index (χ4n) is 4.37. The Morgan fingerprint density at radius 3 is 1.47 bits per heavy atom. The molecule has 30 heavy (non-hydrogen) atoms. The maximum absolute atomic E-state index is 13.8. The van der Waals surface area contributed by atoms with Crippen LogP contribution in [0.3, 0.4) is 0 Å². The number of carbonyl (C=O) groups excluding carboxylic acids is 1. The molecule has 0 saturated carbocycles. The first-order chi connectivity index (χ1) is 14.8. The van der Waals surface area contributed by atoms with Crippen molar-refractivity contribution in [1.29, 1.82) is 0 Å². The van der Waals surface area contributed by atoms with E-state index < -0.39 is 0 Å². The number of benzene rings is 4. The quantitative estimate of drug-likeness (QED) is 0.279. The van der Waals surface area contributed by atoms with Crippen LogP contribution in [0.2, 0.25) is 0 Å². The Balaban J connectivity index is 1.43. The molecule has 0 spiro atoms. The van der Waals surface area contributed by atoms with E-state index in [1.165, 1.54) is 30.7 Å². The fourth-order valence-corrected chi connectivity index (χ4v) is 6.59. The van der Waals surface area contributed by atoms with Crippen LogP contribution in [-0.4, -0.2) is 5.78 Å². The third-order valence-electron chi connectivity index (χ3n) is 5.87. The predicted octanol–water partition coefficient (Wildman–Crippen LogP) is 7.03. The van der Waals surface area contributed by atoms with Gasteiger partial charge < -0.3 is 0 Å². The van der Waals surface area contributed by atoms with Gasteiger partial charge in [-0.25, -0.2) is 0 Å². The second-order valence-corrected chi connectivity index (χ2v) is 9.83. The second-order valence-electron chi connectivity index (χ2n) is 7.67. The highest BCUT2D eigenvalue weighted by molar-refractivity contribution is 7.99. The minimum absolute atomic E-state index is 0.142. The van der Waals surface area contributed by atoms with Crippen LogP contribution < -0.4 is 0 Å². The smallest absolute Gasteiger partial charge is 0.193 e. The zero-order valence-electron chi connectivity index (χ0n) is 16.2. The normalized spacial score (nSPS) is 13.6. The highest BCUT2D eigenvalue weighted by atomic mass is 32.2. The van der Waals surface area contributed by atoms with Gasteiger partial charge in [0.05, 0.1) is 0 Å². The topological polar surface area (TPSA) is 17.1 Å². The highest BCUT2D eigenvalue weighted by Gasteiger charge is 2.26. The van der Waals surface area contributed by atoms with Crippen molar-refractivity contribution in [3.05, 3.63) is 118 Å². The number of carbonyl (C=O) groups is 1. The molecular formula is C27H18OS2. The summed E-state index contributed by atoms with van der Waals surface area (Å²) in [6.45, 7) is 0. The second kappa shape index (κ2) is 7.19. The van der Waals surface area contributed by atoms with Crippen LogP contribution in [0.5, 0.6) is 0 Å². The number of ketones is 1. The molecule has 3 heteroatoms. The molecule has 0 radical (unpaired) electrons. The molecule has 2 aliphatic heterocycles. The molecule has 0 N–H and O–H groups in total. The summed E-state index contributed by atoms with van der Waals surface area (Å²) in [5.41, 5.74) is 6.60. The largest absolute Gasteiger partial charge is 0.289 e. The third-order valence-corrected chi connectivity index (χ3v) is 8.32. The van der Waals surface area contributed by atoms with E-state index in [9.17, 15) is 4.79 Å². The molecule has 4 aromatic rings. The molecular weight excluding hydrogens is 404 g/mol. The number of fused-ring (bicyclic) bond motifs is 4. The Morgan fingerprint density at radius 1 is 0.533 bits per heavy atom. The molecule has 0 atom stereocenters. The Morgan fingerprint density at radius 2 is 0.967 bits per heavy atom. The van der Waals surface area contributed by atoms with Crippen LogP contribution >= 0.6 is 23.5 Å². The van der Waals surface area contributed by atoms with Gasteiger partial charge in [-0.15, -0.1) is 0 Å². The first-order valence-electron chi connectivity index (χ1n) is 10.1. The van der Waals surface area contributed by atoms with Crippen LogP contribution in [0.4, 0.5) is 0 Å². The monoisotopic (exact) mass is 422 g/mol. The van der Waals surface area contributed by atoms with Gasteiger partial charge in [0.15, 0.2) is 5.78 Å². The summed E-state index contributed by atoms with van der Waals surface area (Å²) >= 11 is 3.54. The van der Waals surface area contributed by atoms with E-state index in [0.717, 1.165) is 35.1 Å². The summed E-state index contributed by atoms with van der Waals surface area (Å²) < 4.78 is 0. The van der Waals surface area contributed by atoms with Crippen molar-refractivity contribution in [2.24, 2.45) is 0 Å². The van der Waals surface area contributed by atoms with Gasteiger partial charge in [0.25, 0.3) is 0 Å². The molecule has 0 fully saturated rings. The van der Waals surface area contributed by atoms with Crippen molar-refractivity contribution < 1.29 is 4.79 Å². The SMILES string of the molecule is O=C(c1cccc2c1Cc1ccccc1S2)c1cccc2c1Cc1ccccc1S2. The average molecular weight is 423 g/mol. The molecule has 6 rings (SSSR count). The lowest BCUT2D eigenvalue weighted by Crippen LogP contribution is -2.13.